The molecular formula is C10H13ClN2O2S. The van der Waals surface area contributed by atoms with Crippen LogP contribution < -0.4 is 10.5 Å². The van der Waals surface area contributed by atoms with E-state index in [-0.39, 0.29) is 9.92 Å². The third-order valence-electron chi connectivity index (χ3n) is 1.89. The van der Waals surface area contributed by atoms with Crippen LogP contribution in [0.15, 0.2) is 29.2 Å². The van der Waals surface area contributed by atoms with E-state index in [4.69, 9.17) is 16.7 Å². The van der Waals surface area contributed by atoms with E-state index in [0.717, 1.165) is 12.1 Å². The molecule has 0 spiro atoms. The lowest BCUT2D eigenvalue weighted by molar-refractivity contribution is 0.598. The van der Waals surface area contributed by atoms with E-state index in [1.807, 2.05) is 19.2 Å². The van der Waals surface area contributed by atoms with Gasteiger partial charge in [-0.3, -0.25) is 0 Å². The zero-order chi connectivity index (χ0) is 12.2. The van der Waals surface area contributed by atoms with Gasteiger partial charge in [0.05, 0.1) is 5.02 Å². The lowest BCUT2D eigenvalue weighted by Gasteiger charge is -2.02. The van der Waals surface area contributed by atoms with Crippen LogP contribution in [0, 0.1) is 0 Å². The largest absolute Gasteiger partial charge is 0.316 e. The lowest BCUT2D eigenvalue weighted by Crippen LogP contribution is -2.12. The van der Waals surface area contributed by atoms with Gasteiger partial charge in [0, 0.05) is 6.54 Å². The van der Waals surface area contributed by atoms with E-state index in [9.17, 15) is 8.42 Å². The molecule has 4 nitrogen and oxygen atoms in total. The van der Waals surface area contributed by atoms with Crippen molar-refractivity contribution in [3.63, 3.8) is 0 Å². The first-order valence-electron chi connectivity index (χ1n) is 4.58. The number of primary sulfonamides is 1. The quantitative estimate of drug-likeness (QED) is 0.855. The van der Waals surface area contributed by atoms with Crippen molar-refractivity contribution in [1.29, 1.82) is 0 Å². The SMILES string of the molecule is CNCC=Cc1ccc(S(N)(=O)=O)c(Cl)c1. The van der Waals surface area contributed by atoms with Gasteiger partial charge in [-0.25, -0.2) is 13.6 Å². The summed E-state index contributed by atoms with van der Waals surface area (Å²) in [5.41, 5.74) is 0.827. The van der Waals surface area contributed by atoms with Crippen LogP contribution in [-0.4, -0.2) is 22.0 Å². The molecule has 0 radical (unpaired) electrons. The van der Waals surface area contributed by atoms with Gasteiger partial charge in [-0.05, 0) is 24.7 Å². The summed E-state index contributed by atoms with van der Waals surface area (Å²) >= 11 is 5.82. The highest BCUT2D eigenvalue weighted by atomic mass is 35.5. The van der Waals surface area contributed by atoms with Crippen LogP contribution in [0.25, 0.3) is 6.08 Å². The maximum atomic E-state index is 11.1. The Labute approximate surface area is 100 Å². The fourth-order valence-electron chi connectivity index (χ4n) is 1.16. The second kappa shape index (κ2) is 5.45. The number of nitrogens with two attached hydrogens (primary N) is 1. The summed E-state index contributed by atoms with van der Waals surface area (Å²) in [4.78, 5) is -0.0556. The van der Waals surface area contributed by atoms with Crippen LogP contribution in [0.5, 0.6) is 0 Å². The number of sulfonamides is 1. The van der Waals surface area contributed by atoms with E-state index in [2.05, 4.69) is 5.32 Å². The Morgan fingerprint density at radius 3 is 2.69 bits per heavy atom. The minimum atomic E-state index is -3.74. The van der Waals surface area contributed by atoms with E-state index >= 15 is 0 Å². The third kappa shape index (κ3) is 3.61. The van der Waals surface area contributed by atoms with Crippen LogP contribution in [0.4, 0.5) is 0 Å². The molecular weight excluding hydrogens is 248 g/mol. The monoisotopic (exact) mass is 260 g/mol. The predicted octanol–water partition coefficient (Wildman–Crippen LogP) is 1.22. The summed E-state index contributed by atoms with van der Waals surface area (Å²) in [5, 5.41) is 8.08. The highest BCUT2D eigenvalue weighted by molar-refractivity contribution is 7.89. The number of halogens is 1. The summed E-state index contributed by atoms with van der Waals surface area (Å²) in [6.07, 6.45) is 3.75. The zero-order valence-electron chi connectivity index (χ0n) is 8.77. The first kappa shape index (κ1) is 13.2. The average Bonchev–Trinajstić information content (AvgIpc) is 2.16. The fraction of sp³-hybridized carbons (Fsp3) is 0.200. The van der Waals surface area contributed by atoms with E-state index in [1.54, 1.807) is 12.1 Å². The topological polar surface area (TPSA) is 72.2 Å². The van der Waals surface area contributed by atoms with Crippen LogP contribution >= 0.6 is 11.6 Å². The maximum absolute atomic E-state index is 11.1. The standard InChI is InChI=1S/C10H13ClN2O2S/c1-13-6-2-3-8-4-5-10(9(11)7-8)16(12,14)15/h2-5,7,13H,6H2,1H3,(H2,12,14,15). The van der Waals surface area contributed by atoms with Gasteiger partial charge in [0.15, 0.2) is 0 Å². The minimum Gasteiger partial charge on any atom is -0.316 e. The second-order valence-electron chi connectivity index (χ2n) is 3.19. The van der Waals surface area contributed by atoms with Crippen molar-refractivity contribution in [3.05, 3.63) is 34.9 Å². The number of benzene rings is 1. The van der Waals surface area contributed by atoms with Crippen LogP contribution in [0.3, 0.4) is 0 Å². The Bertz CT molecular complexity index is 498. The van der Waals surface area contributed by atoms with Gasteiger partial charge in [0.1, 0.15) is 4.90 Å². The number of rotatable bonds is 4. The van der Waals surface area contributed by atoms with Gasteiger partial charge >= 0.3 is 0 Å². The third-order valence-corrected chi connectivity index (χ3v) is 3.29. The summed E-state index contributed by atoms with van der Waals surface area (Å²) in [5.74, 6) is 0. The van der Waals surface area contributed by atoms with Crippen molar-refractivity contribution in [2.45, 2.75) is 4.90 Å². The summed E-state index contributed by atoms with van der Waals surface area (Å²) < 4.78 is 22.2. The molecule has 1 aromatic rings. The highest BCUT2D eigenvalue weighted by Gasteiger charge is 2.12. The molecule has 88 valence electrons. The predicted molar refractivity (Wildman–Crippen MR) is 65.8 cm³/mol. The van der Waals surface area contributed by atoms with E-state index in [1.165, 1.54) is 6.07 Å². The molecule has 1 aromatic carbocycles. The molecule has 0 aliphatic heterocycles. The second-order valence-corrected chi connectivity index (χ2v) is 5.13. The van der Waals surface area contributed by atoms with Gasteiger partial charge in [-0.15, -0.1) is 0 Å². The number of hydrogen-bond acceptors (Lipinski definition) is 3. The van der Waals surface area contributed by atoms with E-state index < -0.39 is 10.0 Å². The van der Waals surface area contributed by atoms with Gasteiger partial charge in [0.2, 0.25) is 10.0 Å². The zero-order valence-corrected chi connectivity index (χ0v) is 10.3. The number of hydrogen-bond donors (Lipinski definition) is 2. The Kier molecular flexibility index (Phi) is 4.49. The molecule has 0 amide bonds. The Balaban J connectivity index is 3.01. The molecule has 0 heterocycles. The van der Waals surface area contributed by atoms with Crippen molar-refractivity contribution >= 4 is 27.7 Å². The normalized spacial score (nSPS) is 12.2. The molecule has 0 fully saturated rings. The van der Waals surface area contributed by atoms with Gasteiger partial charge in [0.25, 0.3) is 0 Å². The molecule has 0 aromatic heterocycles. The molecule has 3 N–H and O–H groups in total. The molecule has 0 atom stereocenters. The van der Waals surface area contributed by atoms with Crippen LogP contribution in [0.1, 0.15) is 5.56 Å². The van der Waals surface area contributed by atoms with Gasteiger partial charge < -0.3 is 5.32 Å². The van der Waals surface area contributed by atoms with Crippen molar-refractivity contribution in [2.75, 3.05) is 13.6 Å². The van der Waals surface area contributed by atoms with Gasteiger partial charge in [-0.2, -0.15) is 0 Å². The number of nitrogens with one attached hydrogen (secondary N) is 1. The fourth-order valence-corrected chi connectivity index (χ4v) is 2.26. The molecule has 1 rings (SSSR count). The van der Waals surface area contributed by atoms with Crippen LogP contribution in [-0.2, 0) is 10.0 Å². The summed E-state index contributed by atoms with van der Waals surface area (Å²) in [6, 6.07) is 4.61. The lowest BCUT2D eigenvalue weighted by atomic mass is 10.2. The van der Waals surface area contributed by atoms with Crippen molar-refractivity contribution < 1.29 is 8.42 Å². The first-order chi connectivity index (χ1) is 7.45. The van der Waals surface area contributed by atoms with Crippen molar-refractivity contribution in [3.8, 4) is 0 Å². The summed E-state index contributed by atoms with van der Waals surface area (Å²) in [6.45, 7) is 0.731. The Hall–Kier alpha value is -0.880. The Morgan fingerprint density at radius 1 is 1.50 bits per heavy atom. The highest BCUT2D eigenvalue weighted by Crippen LogP contribution is 2.21. The molecule has 0 bridgehead atoms. The average molecular weight is 261 g/mol. The molecule has 6 heteroatoms. The first-order valence-corrected chi connectivity index (χ1v) is 6.51. The van der Waals surface area contributed by atoms with Crippen molar-refractivity contribution in [1.82, 2.24) is 5.32 Å². The Morgan fingerprint density at radius 2 is 2.19 bits per heavy atom. The molecule has 0 aliphatic rings. The molecule has 0 unspecified atom stereocenters. The summed E-state index contributed by atoms with van der Waals surface area (Å²) in [7, 11) is -1.91. The maximum Gasteiger partial charge on any atom is 0.239 e. The van der Waals surface area contributed by atoms with Crippen molar-refractivity contribution in [2.24, 2.45) is 5.14 Å². The number of likely N-dealkylation sites (N-methyl/N-ethyl adjacent to an activating group) is 1. The molecule has 0 saturated carbocycles. The molecule has 16 heavy (non-hydrogen) atoms. The van der Waals surface area contributed by atoms with Crippen LogP contribution in [0.2, 0.25) is 5.02 Å². The van der Waals surface area contributed by atoms with Gasteiger partial charge in [-0.1, -0.05) is 29.8 Å². The molecule has 0 aliphatic carbocycles. The molecule has 0 saturated heterocycles. The smallest absolute Gasteiger partial charge is 0.239 e. The van der Waals surface area contributed by atoms with E-state index in [0.29, 0.717) is 0 Å². The minimum absolute atomic E-state index is 0.0556.